The van der Waals surface area contributed by atoms with Crippen LogP contribution in [0.3, 0.4) is 0 Å². The number of aryl methyl sites for hydroxylation is 1. The third kappa shape index (κ3) is 2.70. The summed E-state index contributed by atoms with van der Waals surface area (Å²) in [5.74, 6) is 0. The van der Waals surface area contributed by atoms with Crippen molar-refractivity contribution in [3.05, 3.63) is 46.0 Å². The maximum absolute atomic E-state index is 13.1. The van der Waals surface area contributed by atoms with Crippen LogP contribution in [0.2, 0.25) is 0 Å². The van der Waals surface area contributed by atoms with Gasteiger partial charge in [0.05, 0.1) is 11.3 Å². The minimum atomic E-state index is -4.55. The lowest BCUT2D eigenvalue weighted by atomic mass is 10.0. The third-order valence-corrected chi connectivity index (χ3v) is 2.98. The second kappa shape index (κ2) is 4.80. The van der Waals surface area contributed by atoms with Crippen molar-refractivity contribution in [3.63, 3.8) is 0 Å². The number of hydrogen-bond acceptors (Lipinski definition) is 2. The Balaban J connectivity index is 2.75. The molecule has 0 aliphatic heterocycles. The number of halogens is 4. The minimum Gasteiger partial charge on any atom is -0.304 e. The molecule has 0 saturated carbocycles. The standard InChI is InChI=1S/C12H8BrF3N2O/c1-7-2-8(5-19)3-9(12(14,15)16)11(7)18-4-10(13)17-6-18/h2-6H,1H3. The number of aromatic nitrogens is 2. The highest BCUT2D eigenvalue weighted by molar-refractivity contribution is 9.10. The Bertz CT molecular complexity index is 634. The van der Waals surface area contributed by atoms with Crippen molar-refractivity contribution >= 4 is 22.2 Å². The molecule has 0 unspecified atom stereocenters. The molecule has 0 radical (unpaired) electrons. The van der Waals surface area contributed by atoms with Gasteiger partial charge in [0.25, 0.3) is 0 Å². The normalized spacial score (nSPS) is 11.6. The highest BCUT2D eigenvalue weighted by Crippen LogP contribution is 2.36. The van der Waals surface area contributed by atoms with Gasteiger partial charge in [0.1, 0.15) is 17.2 Å². The summed E-state index contributed by atoms with van der Waals surface area (Å²) in [5, 5.41) is 0. The number of hydrogen-bond donors (Lipinski definition) is 0. The Hall–Kier alpha value is -1.63. The number of aldehydes is 1. The number of benzene rings is 1. The number of nitrogens with zero attached hydrogens (tertiary/aromatic N) is 2. The van der Waals surface area contributed by atoms with Crippen LogP contribution in [0, 0.1) is 6.92 Å². The first kappa shape index (κ1) is 13.8. The Morgan fingerprint density at radius 1 is 1.37 bits per heavy atom. The fourth-order valence-corrected chi connectivity index (χ4v) is 2.17. The number of carbonyl (C=O) groups excluding carboxylic acids is 1. The molecule has 0 fully saturated rings. The van der Waals surface area contributed by atoms with Crippen molar-refractivity contribution in [1.82, 2.24) is 9.55 Å². The van der Waals surface area contributed by atoms with Gasteiger partial charge in [-0.15, -0.1) is 0 Å². The van der Waals surface area contributed by atoms with E-state index in [1.165, 1.54) is 30.1 Å². The van der Waals surface area contributed by atoms with Crippen LogP contribution >= 0.6 is 15.9 Å². The van der Waals surface area contributed by atoms with E-state index >= 15 is 0 Å². The zero-order valence-corrected chi connectivity index (χ0v) is 11.3. The van der Waals surface area contributed by atoms with Gasteiger partial charge in [-0.1, -0.05) is 0 Å². The SMILES string of the molecule is Cc1cc(C=O)cc(C(F)(F)F)c1-n1cnc(Br)c1. The molecular formula is C12H8BrF3N2O. The van der Waals surface area contributed by atoms with E-state index in [0.29, 0.717) is 16.5 Å². The molecule has 0 spiro atoms. The molecule has 0 N–H and O–H groups in total. The molecule has 7 heteroatoms. The van der Waals surface area contributed by atoms with Crippen molar-refractivity contribution < 1.29 is 18.0 Å². The molecule has 0 aliphatic rings. The predicted octanol–water partition coefficient (Wildman–Crippen LogP) is 3.77. The van der Waals surface area contributed by atoms with Crippen LogP contribution in [0.4, 0.5) is 13.2 Å². The largest absolute Gasteiger partial charge is 0.418 e. The maximum atomic E-state index is 13.1. The molecular weight excluding hydrogens is 325 g/mol. The van der Waals surface area contributed by atoms with Gasteiger partial charge in [-0.3, -0.25) is 4.79 Å². The first-order valence-corrected chi connectivity index (χ1v) is 5.99. The smallest absolute Gasteiger partial charge is 0.304 e. The van der Waals surface area contributed by atoms with Crippen LogP contribution < -0.4 is 0 Å². The molecule has 2 rings (SSSR count). The van der Waals surface area contributed by atoms with Crippen LogP contribution in [0.25, 0.3) is 5.69 Å². The number of rotatable bonds is 2. The molecule has 1 aromatic heterocycles. The Morgan fingerprint density at radius 3 is 2.53 bits per heavy atom. The van der Waals surface area contributed by atoms with Crippen molar-refractivity contribution in [1.29, 1.82) is 0 Å². The Morgan fingerprint density at radius 2 is 2.05 bits per heavy atom. The summed E-state index contributed by atoms with van der Waals surface area (Å²) in [4.78, 5) is 14.5. The average Bonchev–Trinajstić information content (AvgIpc) is 2.73. The summed E-state index contributed by atoms with van der Waals surface area (Å²) >= 11 is 3.09. The lowest BCUT2D eigenvalue weighted by molar-refractivity contribution is -0.137. The molecule has 19 heavy (non-hydrogen) atoms. The topological polar surface area (TPSA) is 34.9 Å². The zero-order chi connectivity index (χ0) is 14.2. The van der Waals surface area contributed by atoms with Gasteiger partial charge in [-0.25, -0.2) is 4.98 Å². The summed E-state index contributed by atoms with van der Waals surface area (Å²) in [7, 11) is 0. The van der Waals surface area contributed by atoms with E-state index in [2.05, 4.69) is 20.9 Å². The number of carbonyl (C=O) groups is 1. The fourth-order valence-electron chi connectivity index (χ4n) is 1.86. The maximum Gasteiger partial charge on any atom is 0.418 e. The molecule has 1 aromatic carbocycles. The first-order chi connectivity index (χ1) is 8.82. The van der Waals surface area contributed by atoms with E-state index in [4.69, 9.17) is 0 Å². The van der Waals surface area contributed by atoms with E-state index in [1.807, 2.05) is 0 Å². The average molecular weight is 333 g/mol. The van der Waals surface area contributed by atoms with Gasteiger partial charge in [0.2, 0.25) is 0 Å². The van der Waals surface area contributed by atoms with Gasteiger partial charge < -0.3 is 4.57 Å². The lowest BCUT2D eigenvalue weighted by Gasteiger charge is -2.16. The molecule has 0 aliphatic carbocycles. The lowest BCUT2D eigenvalue weighted by Crippen LogP contribution is -2.12. The zero-order valence-electron chi connectivity index (χ0n) is 9.70. The van der Waals surface area contributed by atoms with Crippen LogP contribution in [-0.2, 0) is 6.18 Å². The number of alkyl halides is 3. The van der Waals surface area contributed by atoms with E-state index in [9.17, 15) is 18.0 Å². The summed E-state index contributed by atoms with van der Waals surface area (Å²) < 4.78 is 40.9. The summed E-state index contributed by atoms with van der Waals surface area (Å²) in [6.07, 6.45) is -1.44. The van der Waals surface area contributed by atoms with E-state index in [-0.39, 0.29) is 11.3 Å². The van der Waals surface area contributed by atoms with Crippen LogP contribution in [0.15, 0.2) is 29.3 Å². The highest BCUT2D eigenvalue weighted by atomic mass is 79.9. The second-order valence-corrected chi connectivity index (χ2v) is 4.77. The molecule has 0 bridgehead atoms. The summed E-state index contributed by atoms with van der Waals surface area (Å²) in [5.41, 5.74) is -0.551. The van der Waals surface area contributed by atoms with Gasteiger partial charge in [0, 0.05) is 11.8 Å². The van der Waals surface area contributed by atoms with Crippen molar-refractivity contribution in [2.45, 2.75) is 13.1 Å². The van der Waals surface area contributed by atoms with Crippen molar-refractivity contribution in [2.24, 2.45) is 0 Å². The molecule has 100 valence electrons. The van der Waals surface area contributed by atoms with Crippen LogP contribution in [0.5, 0.6) is 0 Å². The Kier molecular flexibility index (Phi) is 3.49. The van der Waals surface area contributed by atoms with Crippen LogP contribution in [-0.4, -0.2) is 15.8 Å². The van der Waals surface area contributed by atoms with Gasteiger partial charge in [-0.2, -0.15) is 13.2 Å². The molecule has 0 saturated heterocycles. The molecule has 1 heterocycles. The fraction of sp³-hybridized carbons (Fsp3) is 0.167. The van der Waals surface area contributed by atoms with E-state index in [0.717, 1.165) is 6.07 Å². The highest BCUT2D eigenvalue weighted by Gasteiger charge is 2.35. The second-order valence-electron chi connectivity index (χ2n) is 3.95. The minimum absolute atomic E-state index is 0.00671. The molecule has 0 amide bonds. The summed E-state index contributed by atoms with van der Waals surface area (Å²) in [6, 6.07) is 2.24. The van der Waals surface area contributed by atoms with Gasteiger partial charge >= 0.3 is 6.18 Å². The van der Waals surface area contributed by atoms with Gasteiger partial charge in [-0.05, 0) is 40.5 Å². The third-order valence-electron chi connectivity index (χ3n) is 2.57. The molecule has 3 nitrogen and oxygen atoms in total. The van der Waals surface area contributed by atoms with Crippen molar-refractivity contribution in [2.75, 3.05) is 0 Å². The summed E-state index contributed by atoms with van der Waals surface area (Å²) in [6.45, 7) is 1.52. The molecule has 0 atom stereocenters. The van der Waals surface area contributed by atoms with Crippen LogP contribution in [0.1, 0.15) is 21.5 Å². The van der Waals surface area contributed by atoms with E-state index in [1.54, 1.807) is 0 Å². The van der Waals surface area contributed by atoms with Crippen molar-refractivity contribution in [3.8, 4) is 5.69 Å². The quantitative estimate of drug-likeness (QED) is 0.784. The Labute approximate surface area is 115 Å². The number of imidazole rings is 1. The van der Waals surface area contributed by atoms with E-state index < -0.39 is 11.7 Å². The molecule has 2 aromatic rings. The predicted molar refractivity (Wildman–Crippen MR) is 66.4 cm³/mol. The monoisotopic (exact) mass is 332 g/mol. The first-order valence-electron chi connectivity index (χ1n) is 5.20. The van der Waals surface area contributed by atoms with Gasteiger partial charge in [0.15, 0.2) is 0 Å².